The van der Waals surface area contributed by atoms with Crippen LogP contribution in [0.1, 0.15) is 17.3 Å². The second-order valence-corrected chi connectivity index (χ2v) is 5.33. The molecule has 1 atom stereocenters. The largest absolute Gasteiger partial charge is 0.373 e. The molecule has 1 N–H and O–H groups in total. The SMILES string of the molecule is Fc1ccc(NC(c2ccc(Cl)cc2)c2ccccn2)cc1. The summed E-state index contributed by atoms with van der Waals surface area (Å²) in [4.78, 5) is 4.42. The second-order valence-electron chi connectivity index (χ2n) is 4.89. The fourth-order valence-electron chi connectivity index (χ4n) is 2.24. The molecule has 1 heterocycles. The zero-order chi connectivity index (χ0) is 15.4. The lowest BCUT2D eigenvalue weighted by Crippen LogP contribution is -2.13. The van der Waals surface area contributed by atoms with Gasteiger partial charge in [0, 0.05) is 16.9 Å². The fourth-order valence-corrected chi connectivity index (χ4v) is 2.37. The van der Waals surface area contributed by atoms with Crippen LogP contribution < -0.4 is 5.32 Å². The molecular weight excluding hydrogens is 299 g/mol. The first-order chi connectivity index (χ1) is 10.7. The van der Waals surface area contributed by atoms with E-state index < -0.39 is 0 Å². The van der Waals surface area contributed by atoms with Crippen LogP contribution in [0.2, 0.25) is 5.02 Å². The smallest absolute Gasteiger partial charge is 0.123 e. The Bertz CT molecular complexity index is 727. The minimum atomic E-state index is -0.258. The molecule has 3 rings (SSSR count). The maximum atomic E-state index is 13.1. The van der Waals surface area contributed by atoms with Crippen LogP contribution in [0, 0.1) is 5.82 Å². The van der Waals surface area contributed by atoms with E-state index >= 15 is 0 Å². The zero-order valence-electron chi connectivity index (χ0n) is 11.7. The molecular formula is C18H14ClFN2. The summed E-state index contributed by atoms with van der Waals surface area (Å²) in [6.07, 6.45) is 1.75. The summed E-state index contributed by atoms with van der Waals surface area (Å²) < 4.78 is 13.1. The lowest BCUT2D eigenvalue weighted by molar-refractivity contribution is 0.628. The van der Waals surface area contributed by atoms with Crippen LogP contribution >= 0.6 is 11.6 Å². The topological polar surface area (TPSA) is 24.9 Å². The third-order valence-corrected chi connectivity index (χ3v) is 3.59. The van der Waals surface area contributed by atoms with Gasteiger partial charge in [-0.25, -0.2) is 4.39 Å². The Kier molecular flexibility index (Phi) is 4.35. The summed E-state index contributed by atoms with van der Waals surface area (Å²) >= 11 is 5.96. The highest BCUT2D eigenvalue weighted by molar-refractivity contribution is 6.30. The van der Waals surface area contributed by atoms with Crippen LogP contribution in [0.4, 0.5) is 10.1 Å². The number of hydrogen-bond acceptors (Lipinski definition) is 2. The molecule has 0 radical (unpaired) electrons. The number of benzene rings is 2. The van der Waals surface area contributed by atoms with Crippen LogP contribution in [0.15, 0.2) is 72.9 Å². The second kappa shape index (κ2) is 6.58. The molecule has 1 aromatic heterocycles. The van der Waals surface area contributed by atoms with Gasteiger partial charge in [-0.15, -0.1) is 0 Å². The quantitative estimate of drug-likeness (QED) is 0.727. The predicted octanol–water partition coefficient (Wildman–Crippen LogP) is 5.08. The highest BCUT2D eigenvalue weighted by atomic mass is 35.5. The van der Waals surface area contributed by atoms with Crippen molar-refractivity contribution in [1.29, 1.82) is 0 Å². The number of nitrogens with zero attached hydrogens (tertiary/aromatic N) is 1. The molecule has 110 valence electrons. The standard InChI is InChI=1S/C18H14ClFN2/c19-14-6-4-13(5-7-14)18(17-3-1-2-12-21-17)22-16-10-8-15(20)9-11-16/h1-12,18,22H. The van der Waals surface area contributed by atoms with Crippen molar-refractivity contribution >= 4 is 17.3 Å². The molecule has 1 unspecified atom stereocenters. The Balaban J connectivity index is 1.96. The molecule has 4 heteroatoms. The van der Waals surface area contributed by atoms with Gasteiger partial charge in [0.1, 0.15) is 5.82 Å². The van der Waals surface area contributed by atoms with Crippen molar-refractivity contribution in [1.82, 2.24) is 4.98 Å². The zero-order valence-corrected chi connectivity index (χ0v) is 12.5. The van der Waals surface area contributed by atoms with E-state index in [1.54, 1.807) is 18.3 Å². The lowest BCUT2D eigenvalue weighted by Gasteiger charge is -2.20. The van der Waals surface area contributed by atoms with Gasteiger partial charge < -0.3 is 5.32 Å². The van der Waals surface area contributed by atoms with Gasteiger partial charge in [0.15, 0.2) is 0 Å². The van der Waals surface area contributed by atoms with Crippen LogP contribution in [0.25, 0.3) is 0 Å². The van der Waals surface area contributed by atoms with E-state index in [-0.39, 0.29) is 11.9 Å². The fraction of sp³-hybridized carbons (Fsp3) is 0.0556. The molecule has 2 nitrogen and oxygen atoms in total. The van der Waals surface area contributed by atoms with Gasteiger partial charge in [-0.1, -0.05) is 29.8 Å². The molecule has 0 saturated heterocycles. The van der Waals surface area contributed by atoms with Crippen molar-refractivity contribution in [3.63, 3.8) is 0 Å². The van der Waals surface area contributed by atoms with E-state index in [2.05, 4.69) is 10.3 Å². The molecule has 0 fully saturated rings. The third-order valence-electron chi connectivity index (χ3n) is 3.34. The van der Waals surface area contributed by atoms with E-state index in [1.165, 1.54) is 12.1 Å². The Morgan fingerprint density at radius 3 is 2.27 bits per heavy atom. The van der Waals surface area contributed by atoms with Crippen molar-refractivity contribution in [2.45, 2.75) is 6.04 Å². The number of aromatic nitrogens is 1. The van der Waals surface area contributed by atoms with E-state index in [9.17, 15) is 4.39 Å². The van der Waals surface area contributed by atoms with Crippen LogP contribution in [0.5, 0.6) is 0 Å². The van der Waals surface area contributed by atoms with Crippen LogP contribution in [0.3, 0.4) is 0 Å². The van der Waals surface area contributed by atoms with Gasteiger partial charge >= 0.3 is 0 Å². The number of rotatable bonds is 4. The summed E-state index contributed by atoms with van der Waals surface area (Å²) in [6.45, 7) is 0. The average Bonchev–Trinajstić information content (AvgIpc) is 2.56. The van der Waals surface area contributed by atoms with E-state index in [0.717, 1.165) is 16.9 Å². The molecule has 0 spiro atoms. The van der Waals surface area contributed by atoms with E-state index in [4.69, 9.17) is 11.6 Å². The van der Waals surface area contributed by atoms with Gasteiger partial charge in [-0.3, -0.25) is 4.98 Å². The number of halogens is 2. The Labute approximate surface area is 133 Å². The molecule has 0 bridgehead atoms. The summed E-state index contributed by atoms with van der Waals surface area (Å²) in [5.41, 5.74) is 2.74. The van der Waals surface area contributed by atoms with E-state index in [1.807, 2.05) is 42.5 Å². The first-order valence-electron chi connectivity index (χ1n) is 6.91. The van der Waals surface area contributed by atoms with Gasteiger partial charge in [-0.2, -0.15) is 0 Å². The number of pyridine rings is 1. The lowest BCUT2D eigenvalue weighted by atomic mass is 10.0. The third kappa shape index (κ3) is 3.43. The van der Waals surface area contributed by atoms with Gasteiger partial charge in [-0.05, 0) is 54.1 Å². The normalized spacial score (nSPS) is 11.9. The summed E-state index contributed by atoms with van der Waals surface area (Å²) in [5.74, 6) is -0.258. The molecule has 22 heavy (non-hydrogen) atoms. The van der Waals surface area contributed by atoms with Crippen LogP contribution in [-0.4, -0.2) is 4.98 Å². The minimum absolute atomic E-state index is 0.135. The maximum absolute atomic E-state index is 13.1. The highest BCUT2D eigenvalue weighted by Gasteiger charge is 2.15. The maximum Gasteiger partial charge on any atom is 0.123 e. The van der Waals surface area contributed by atoms with Crippen molar-refractivity contribution in [3.05, 3.63) is 95.0 Å². The first-order valence-corrected chi connectivity index (χ1v) is 7.29. The Morgan fingerprint density at radius 2 is 1.64 bits per heavy atom. The number of anilines is 1. The van der Waals surface area contributed by atoms with Crippen molar-refractivity contribution in [2.75, 3.05) is 5.32 Å². The molecule has 3 aromatic rings. The monoisotopic (exact) mass is 312 g/mol. The van der Waals surface area contributed by atoms with Gasteiger partial charge in [0.2, 0.25) is 0 Å². The minimum Gasteiger partial charge on any atom is -0.373 e. The summed E-state index contributed by atoms with van der Waals surface area (Å²) in [5, 5.41) is 4.07. The van der Waals surface area contributed by atoms with Crippen LogP contribution in [-0.2, 0) is 0 Å². The summed E-state index contributed by atoms with van der Waals surface area (Å²) in [7, 11) is 0. The van der Waals surface area contributed by atoms with Gasteiger partial charge in [0.25, 0.3) is 0 Å². The van der Waals surface area contributed by atoms with Gasteiger partial charge in [0.05, 0.1) is 11.7 Å². The number of nitrogens with one attached hydrogen (secondary N) is 1. The molecule has 0 aliphatic carbocycles. The first kappa shape index (κ1) is 14.5. The summed E-state index contributed by atoms with van der Waals surface area (Å²) in [6, 6.07) is 19.5. The molecule has 0 aliphatic heterocycles. The highest BCUT2D eigenvalue weighted by Crippen LogP contribution is 2.26. The average molecular weight is 313 g/mol. The predicted molar refractivity (Wildman–Crippen MR) is 87.6 cm³/mol. The van der Waals surface area contributed by atoms with Crippen molar-refractivity contribution in [2.24, 2.45) is 0 Å². The molecule has 2 aromatic carbocycles. The Morgan fingerprint density at radius 1 is 0.909 bits per heavy atom. The number of hydrogen-bond donors (Lipinski definition) is 1. The Hall–Kier alpha value is -2.39. The molecule has 0 aliphatic rings. The van der Waals surface area contributed by atoms with E-state index in [0.29, 0.717) is 5.02 Å². The molecule has 0 saturated carbocycles. The van der Waals surface area contributed by atoms with Crippen molar-refractivity contribution in [3.8, 4) is 0 Å². The molecule has 0 amide bonds. The van der Waals surface area contributed by atoms with Crippen molar-refractivity contribution < 1.29 is 4.39 Å².